The minimum atomic E-state index is -0.00320. The van der Waals surface area contributed by atoms with Gasteiger partial charge in [-0.25, -0.2) is 0 Å². The van der Waals surface area contributed by atoms with Crippen molar-refractivity contribution >= 4 is 41.0 Å². The Labute approximate surface area is 157 Å². The van der Waals surface area contributed by atoms with Gasteiger partial charge in [-0.15, -0.1) is 11.8 Å². The first-order valence-electron chi connectivity index (χ1n) is 8.84. The van der Waals surface area contributed by atoms with Crippen molar-refractivity contribution in [1.29, 1.82) is 0 Å². The molecular formula is C21H20N2O2S. The Morgan fingerprint density at radius 3 is 2.62 bits per heavy atom. The van der Waals surface area contributed by atoms with Gasteiger partial charge in [0, 0.05) is 41.9 Å². The van der Waals surface area contributed by atoms with Crippen LogP contribution in [0, 0.1) is 0 Å². The second-order valence-corrected chi connectivity index (χ2v) is 7.52. The van der Waals surface area contributed by atoms with Gasteiger partial charge in [-0.2, -0.15) is 0 Å². The van der Waals surface area contributed by atoms with E-state index in [1.165, 1.54) is 0 Å². The van der Waals surface area contributed by atoms with Crippen molar-refractivity contribution in [3.63, 3.8) is 0 Å². The van der Waals surface area contributed by atoms with E-state index in [0.717, 1.165) is 47.1 Å². The van der Waals surface area contributed by atoms with Crippen LogP contribution in [0.15, 0.2) is 59.5 Å². The third kappa shape index (κ3) is 3.40. The molecule has 0 spiro atoms. The van der Waals surface area contributed by atoms with Crippen LogP contribution in [0.3, 0.4) is 0 Å². The molecule has 0 aliphatic carbocycles. The minimum Gasteiger partial charge on any atom is -0.312 e. The fourth-order valence-electron chi connectivity index (χ4n) is 3.34. The van der Waals surface area contributed by atoms with Crippen molar-refractivity contribution in [2.75, 3.05) is 28.6 Å². The number of hydrogen-bond donors (Lipinski definition) is 0. The summed E-state index contributed by atoms with van der Waals surface area (Å²) in [4.78, 5) is 29.2. The molecule has 26 heavy (non-hydrogen) atoms. The maximum Gasteiger partial charge on any atom is 0.251 e. The molecule has 132 valence electrons. The van der Waals surface area contributed by atoms with E-state index in [1.54, 1.807) is 17.8 Å². The SMILES string of the molecule is O=C1CCCN1c1ccc(/C=C/C(=O)N2CCSc3ccccc32)cc1. The van der Waals surface area contributed by atoms with Gasteiger partial charge in [-0.05, 0) is 42.3 Å². The number of benzene rings is 2. The molecule has 0 aromatic heterocycles. The number of nitrogens with zero attached hydrogens (tertiary/aromatic N) is 2. The first-order valence-corrected chi connectivity index (χ1v) is 9.83. The molecular weight excluding hydrogens is 344 g/mol. The second kappa shape index (κ2) is 7.38. The monoisotopic (exact) mass is 364 g/mol. The van der Waals surface area contributed by atoms with Gasteiger partial charge in [-0.1, -0.05) is 24.3 Å². The predicted octanol–water partition coefficient (Wildman–Crippen LogP) is 3.97. The fraction of sp³-hybridized carbons (Fsp3) is 0.238. The Bertz CT molecular complexity index is 861. The molecule has 2 aromatic rings. The lowest BCUT2D eigenvalue weighted by Gasteiger charge is -2.27. The maximum absolute atomic E-state index is 12.6. The zero-order valence-corrected chi connectivity index (χ0v) is 15.2. The zero-order chi connectivity index (χ0) is 17.9. The summed E-state index contributed by atoms with van der Waals surface area (Å²) in [6.07, 6.45) is 5.02. The zero-order valence-electron chi connectivity index (χ0n) is 14.4. The number of hydrogen-bond acceptors (Lipinski definition) is 3. The molecule has 2 aliphatic rings. The standard InChI is InChI=1S/C21H20N2O2S/c24-20-6-3-13-22(20)17-10-7-16(8-11-17)9-12-21(25)23-14-15-26-19-5-2-1-4-18(19)23/h1-2,4-5,7-12H,3,6,13-15H2/b12-9+. The van der Waals surface area contributed by atoms with E-state index in [1.807, 2.05) is 58.3 Å². The third-order valence-electron chi connectivity index (χ3n) is 4.69. The number of para-hydroxylation sites is 1. The number of amides is 2. The number of thioether (sulfide) groups is 1. The molecule has 1 fully saturated rings. The number of fused-ring (bicyclic) bond motifs is 1. The molecule has 4 nitrogen and oxygen atoms in total. The number of rotatable bonds is 3. The van der Waals surface area contributed by atoms with Crippen LogP contribution in [0.4, 0.5) is 11.4 Å². The molecule has 2 heterocycles. The van der Waals surface area contributed by atoms with Crippen LogP contribution < -0.4 is 9.80 Å². The molecule has 0 unspecified atom stereocenters. The van der Waals surface area contributed by atoms with Crippen LogP contribution in [-0.2, 0) is 9.59 Å². The van der Waals surface area contributed by atoms with Gasteiger partial charge in [-0.3, -0.25) is 9.59 Å². The number of carbonyl (C=O) groups is 2. The van der Waals surface area contributed by atoms with E-state index in [0.29, 0.717) is 6.42 Å². The first-order chi connectivity index (χ1) is 12.7. The topological polar surface area (TPSA) is 40.6 Å². The van der Waals surface area contributed by atoms with E-state index >= 15 is 0 Å². The molecule has 0 N–H and O–H groups in total. The lowest BCUT2D eigenvalue weighted by Crippen LogP contribution is -2.34. The summed E-state index contributed by atoms with van der Waals surface area (Å²) in [5.41, 5.74) is 2.87. The van der Waals surface area contributed by atoms with Gasteiger partial charge in [0.05, 0.1) is 5.69 Å². The van der Waals surface area contributed by atoms with Crippen molar-refractivity contribution in [3.05, 3.63) is 60.2 Å². The summed E-state index contributed by atoms with van der Waals surface area (Å²) >= 11 is 1.79. The normalized spacial score (nSPS) is 17.0. The first kappa shape index (κ1) is 16.9. The summed E-state index contributed by atoms with van der Waals surface area (Å²) in [7, 11) is 0. The smallest absolute Gasteiger partial charge is 0.251 e. The van der Waals surface area contributed by atoms with Crippen molar-refractivity contribution in [2.45, 2.75) is 17.7 Å². The highest BCUT2D eigenvalue weighted by Gasteiger charge is 2.22. The fourth-order valence-corrected chi connectivity index (χ4v) is 4.34. The van der Waals surface area contributed by atoms with Crippen molar-refractivity contribution < 1.29 is 9.59 Å². The van der Waals surface area contributed by atoms with Gasteiger partial charge in [0.1, 0.15) is 0 Å². The molecule has 0 saturated carbocycles. The van der Waals surface area contributed by atoms with E-state index < -0.39 is 0 Å². The summed E-state index contributed by atoms with van der Waals surface area (Å²) in [6, 6.07) is 15.8. The largest absolute Gasteiger partial charge is 0.312 e. The van der Waals surface area contributed by atoms with Gasteiger partial charge < -0.3 is 9.80 Å². The predicted molar refractivity (Wildman–Crippen MR) is 107 cm³/mol. The Balaban J connectivity index is 1.46. The Morgan fingerprint density at radius 2 is 1.85 bits per heavy atom. The Morgan fingerprint density at radius 1 is 1.04 bits per heavy atom. The molecule has 5 heteroatoms. The lowest BCUT2D eigenvalue weighted by molar-refractivity contribution is -0.117. The highest BCUT2D eigenvalue weighted by molar-refractivity contribution is 7.99. The van der Waals surface area contributed by atoms with Crippen LogP contribution >= 0.6 is 11.8 Å². The summed E-state index contributed by atoms with van der Waals surface area (Å²) in [5, 5.41) is 0. The number of carbonyl (C=O) groups excluding carboxylic acids is 2. The number of anilines is 2. The van der Waals surface area contributed by atoms with Gasteiger partial charge >= 0.3 is 0 Å². The van der Waals surface area contributed by atoms with Gasteiger partial charge in [0.25, 0.3) is 5.91 Å². The van der Waals surface area contributed by atoms with E-state index in [-0.39, 0.29) is 11.8 Å². The summed E-state index contributed by atoms with van der Waals surface area (Å²) in [6.45, 7) is 1.51. The lowest BCUT2D eigenvalue weighted by atomic mass is 10.1. The highest BCUT2D eigenvalue weighted by Crippen LogP contribution is 2.34. The van der Waals surface area contributed by atoms with Crippen molar-refractivity contribution in [1.82, 2.24) is 0 Å². The second-order valence-electron chi connectivity index (χ2n) is 6.38. The Hall–Kier alpha value is -2.53. The average Bonchev–Trinajstić information content (AvgIpc) is 3.12. The molecule has 0 radical (unpaired) electrons. The third-order valence-corrected chi connectivity index (χ3v) is 5.73. The van der Waals surface area contributed by atoms with Crippen LogP contribution in [0.2, 0.25) is 0 Å². The summed E-state index contributed by atoms with van der Waals surface area (Å²) < 4.78 is 0. The average molecular weight is 364 g/mol. The quantitative estimate of drug-likeness (QED) is 0.774. The molecule has 1 saturated heterocycles. The van der Waals surface area contributed by atoms with Gasteiger partial charge in [0.15, 0.2) is 0 Å². The van der Waals surface area contributed by atoms with Crippen molar-refractivity contribution in [3.8, 4) is 0 Å². The van der Waals surface area contributed by atoms with Crippen molar-refractivity contribution in [2.24, 2.45) is 0 Å². The Kier molecular flexibility index (Phi) is 4.80. The molecule has 0 atom stereocenters. The highest BCUT2D eigenvalue weighted by atomic mass is 32.2. The van der Waals surface area contributed by atoms with Crippen LogP contribution in [0.25, 0.3) is 6.08 Å². The van der Waals surface area contributed by atoms with Gasteiger partial charge in [0.2, 0.25) is 5.91 Å². The van der Waals surface area contributed by atoms with E-state index in [4.69, 9.17) is 0 Å². The van der Waals surface area contributed by atoms with Crippen LogP contribution in [-0.4, -0.2) is 30.7 Å². The molecule has 4 rings (SSSR count). The van der Waals surface area contributed by atoms with E-state index in [9.17, 15) is 9.59 Å². The minimum absolute atomic E-state index is 0.00320. The molecule has 0 bridgehead atoms. The summed E-state index contributed by atoms with van der Waals surface area (Å²) in [5.74, 6) is 1.09. The molecule has 2 amide bonds. The molecule has 2 aliphatic heterocycles. The maximum atomic E-state index is 12.6. The van der Waals surface area contributed by atoms with E-state index in [2.05, 4.69) is 6.07 Å². The molecule has 2 aromatic carbocycles. The van der Waals surface area contributed by atoms with Crippen LogP contribution in [0.5, 0.6) is 0 Å². The van der Waals surface area contributed by atoms with Crippen LogP contribution in [0.1, 0.15) is 18.4 Å².